The number of amides is 5. The standard InChI is InChI=1S/C53H54F2N8O5/c1-58-23-27-60(28-24-58)52(66)62(35-44-13-11-42(32-48(44)54)50(64)57-56)47-21-17-40(18-22-47)41-10-6-7-37(31-41)34-59-25-29-61(30-26-59)53(67)63(36-45-14-12-43(33-49(45)55)51(65)68-2)46-19-15-39(16-20-46)38-8-4-3-5-9-38/h3-22,31-33H,23-30,34-36,56H2,1-2H3,(H,57,64). The summed E-state index contributed by atoms with van der Waals surface area (Å²) in [5, 5.41) is 0. The van der Waals surface area contributed by atoms with Crippen LogP contribution in [0, 0.1) is 11.6 Å². The van der Waals surface area contributed by atoms with Gasteiger partial charge in [0.05, 0.1) is 25.8 Å². The first-order valence-corrected chi connectivity index (χ1v) is 22.5. The van der Waals surface area contributed by atoms with Crippen LogP contribution in [-0.4, -0.2) is 110 Å². The smallest absolute Gasteiger partial charge is 0.337 e. The van der Waals surface area contributed by atoms with E-state index in [2.05, 4.69) is 21.9 Å². The Hall–Kier alpha value is -7.46. The van der Waals surface area contributed by atoms with Crippen molar-refractivity contribution in [2.45, 2.75) is 19.6 Å². The summed E-state index contributed by atoms with van der Waals surface area (Å²) >= 11 is 0. The number of hydrogen-bond acceptors (Lipinski definition) is 8. The third-order valence-corrected chi connectivity index (χ3v) is 12.6. The molecule has 0 unspecified atom stereocenters. The van der Waals surface area contributed by atoms with Gasteiger partial charge in [-0.05, 0) is 89.5 Å². The predicted octanol–water partition coefficient (Wildman–Crippen LogP) is 8.01. The highest BCUT2D eigenvalue weighted by molar-refractivity contribution is 5.95. The van der Waals surface area contributed by atoms with Gasteiger partial charge in [0, 0.05) is 87.0 Å². The van der Waals surface area contributed by atoms with Gasteiger partial charge in [-0.1, -0.05) is 84.9 Å². The highest BCUT2D eigenvalue weighted by Crippen LogP contribution is 2.29. The first-order valence-electron chi connectivity index (χ1n) is 22.5. The summed E-state index contributed by atoms with van der Waals surface area (Å²) in [6.45, 7) is 5.26. The lowest BCUT2D eigenvalue weighted by Crippen LogP contribution is -2.52. The maximum Gasteiger partial charge on any atom is 0.337 e. The number of halogens is 2. The number of urea groups is 2. The van der Waals surface area contributed by atoms with Gasteiger partial charge in [-0.2, -0.15) is 0 Å². The molecule has 0 aliphatic carbocycles. The van der Waals surface area contributed by atoms with Crippen LogP contribution >= 0.6 is 0 Å². The Bertz CT molecular complexity index is 2740. The van der Waals surface area contributed by atoms with E-state index in [-0.39, 0.29) is 47.4 Å². The Morgan fingerprint density at radius 1 is 0.574 bits per heavy atom. The molecule has 0 radical (unpaired) electrons. The molecule has 0 spiro atoms. The van der Waals surface area contributed by atoms with Crippen LogP contribution in [0.1, 0.15) is 37.4 Å². The number of methoxy groups -OCH3 is 1. The second-order valence-corrected chi connectivity index (χ2v) is 17.0. The summed E-state index contributed by atoms with van der Waals surface area (Å²) in [4.78, 5) is 63.7. The minimum absolute atomic E-state index is 0.0417. The number of benzene rings is 6. The zero-order valence-electron chi connectivity index (χ0n) is 38.1. The lowest BCUT2D eigenvalue weighted by atomic mass is 10.0. The predicted molar refractivity (Wildman–Crippen MR) is 259 cm³/mol. The summed E-state index contributed by atoms with van der Waals surface area (Å²) in [5.74, 6) is 2.77. The molecule has 2 aliphatic heterocycles. The number of ether oxygens (including phenoxy) is 1. The molecule has 0 saturated carbocycles. The number of anilines is 2. The topological polar surface area (TPSA) is 135 Å². The van der Waals surface area contributed by atoms with Gasteiger partial charge in [0.25, 0.3) is 5.91 Å². The van der Waals surface area contributed by atoms with Gasteiger partial charge < -0.3 is 19.4 Å². The lowest BCUT2D eigenvalue weighted by Gasteiger charge is -2.37. The third kappa shape index (κ3) is 11.0. The van der Waals surface area contributed by atoms with E-state index in [0.717, 1.165) is 53.0 Å². The van der Waals surface area contributed by atoms with Crippen LogP contribution in [0.2, 0.25) is 0 Å². The molecule has 0 aromatic heterocycles. The van der Waals surface area contributed by atoms with Gasteiger partial charge in [-0.25, -0.2) is 29.0 Å². The van der Waals surface area contributed by atoms with Gasteiger partial charge in [0.1, 0.15) is 11.6 Å². The van der Waals surface area contributed by atoms with Crippen molar-refractivity contribution in [1.82, 2.24) is 25.0 Å². The molecule has 2 saturated heterocycles. The highest BCUT2D eigenvalue weighted by atomic mass is 19.1. The fraction of sp³-hybridized carbons (Fsp3) is 0.245. The maximum absolute atomic E-state index is 15.5. The molecule has 350 valence electrons. The van der Waals surface area contributed by atoms with E-state index in [1.54, 1.807) is 19.6 Å². The van der Waals surface area contributed by atoms with Crippen LogP contribution in [0.3, 0.4) is 0 Å². The number of piperazine rings is 2. The molecule has 68 heavy (non-hydrogen) atoms. The average molecular weight is 921 g/mol. The molecule has 3 N–H and O–H groups in total. The van der Waals surface area contributed by atoms with Crippen LogP contribution in [0.4, 0.5) is 29.7 Å². The maximum atomic E-state index is 15.5. The minimum Gasteiger partial charge on any atom is -0.465 e. The van der Waals surface area contributed by atoms with Crippen molar-refractivity contribution in [3.8, 4) is 22.3 Å². The molecule has 13 nitrogen and oxygen atoms in total. The number of nitrogens with two attached hydrogens (primary N) is 1. The van der Waals surface area contributed by atoms with Gasteiger partial charge in [-0.15, -0.1) is 0 Å². The van der Waals surface area contributed by atoms with Crippen LogP contribution in [0.5, 0.6) is 0 Å². The SMILES string of the molecule is COC(=O)c1ccc(CN(C(=O)N2CCN(Cc3cccc(-c4ccc(N(Cc5ccc(C(=O)NN)cc5F)C(=O)N5CCN(C)CC5)cc4)c3)CC2)c2ccc(-c3ccccc3)cc2)c(F)c1. The number of hydrazine groups is 1. The number of nitrogens with zero attached hydrogens (tertiary/aromatic N) is 6. The quantitative estimate of drug-likeness (QED) is 0.0546. The van der Waals surface area contributed by atoms with Crippen molar-refractivity contribution in [3.63, 3.8) is 0 Å². The van der Waals surface area contributed by atoms with Crippen LogP contribution in [0.15, 0.2) is 140 Å². The zero-order valence-corrected chi connectivity index (χ0v) is 38.1. The van der Waals surface area contributed by atoms with Crippen molar-refractivity contribution in [2.75, 3.05) is 76.3 Å². The zero-order chi connectivity index (χ0) is 47.7. The Morgan fingerprint density at radius 3 is 1.59 bits per heavy atom. The Morgan fingerprint density at radius 2 is 1.06 bits per heavy atom. The molecule has 5 amide bonds. The molecular formula is C53H54F2N8O5. The number of hydrogen-bond donors (Lipinski definition) is 2. The molecule has 6 aromatic carbocycles. The van der Waals surface area contributed by atoms with Crippen molar-refractivity contribution >= 4 is 35.3 Å². The molecule has 2 fully saturated rings. The fourth-order valence-corrected chi connectivity index (χ4v) is 8.54. The second kappa shape index (κ2) is 21.4. The average Bonchev–Trinajstić information content (AvgIpc) is 3.38. The van der Waals surface area contributed by atoms with Crippen molar-refractivity contribution in [3.05, 3.63) is 179 Å². The largest absolute Gasteiger partial charge is 0.465 e. The Kier molecular flexibility index (Phi) is 14.8. The number of rotatable bonds is 12. The van der Waals surface area contributed by atoms with E-state index in [9.17, 15) is 19.2 Å². The fourth-order valence-electron chi connectivity index (χ4n) is 8.54. The molecule has 0 bridgehead atoms. The summed E-state index contributed by atoms with van der Waals surface area (Å²) in [6, 6.07) is 41.2. The number of nitrogen functional groups attached to an aromatic ring is 1. The summed E-state index contributed by atoms with van der Waals surface area (Å²) in [6.07, 6.45) is 0. The number of nitrogens with one attached hydrogen (secondary N) is 1. The number of carbonyl (C=O) groups is 4. The van der Waals surface area contributed by atoms with E-state index in [4.69, 9.17) is 10.6 Å². The molecule has 15 heteroatoms. The van der Waals surface area contributed by atoms with E-state index >= 15 is 8.78 Å². The summed E-state index contributed by atoms with van der Waals surface area (Å²) in [7, 11) is 3.25. The van der Waals surface area contributed by atoms with E-state index < -0.39 is 23.5 Å². The van der Waals surface area contributed by atoms with E-state index in [0.29, 0.717) is 57.2 Å². The molecule has 0 atom stereocenters. The molecular weight excluding hydrogens is 867 g/mol. The van der Waals surface area contributed by atoms with Gasteiger partial charge in [-0.3, -0.25) is 24.9 Å². The number of carbonyl (C=O) groups excluding carboxylic acids is 4. The van der Waals surface area contributed by atoms with Crippen LogP contribution < -0.4 is 21.1 Å². The highest BCUT2D eigenvalue weighted by Gasteiger charge is 2.29. The summed E-state index contributed by atoms with van der Waals surface area (Å²) < 4.78 is 35.6. The Balaban J connectivity index is 0.944. The van der Waals surface area contributed by atoms with Crippen molar-refractivity contribution < 1.29 is 32.7 Å². The normalized spacial score (nSPS) is 14.3. The molecule has 2 heterocycles. The van der Waals surface area contributed by atoms with Crippen LogP contribution in [0.25, 0.3) is 22.3 Å². The third-order valence-electron chi connectivity index (χ3n) is 12.6. The van der Waals surface area contributed by atoms with Gasteiger partial charge in [0.2, 0.25) is 0 Å². The molecule has 6 aromatic rings. The van der Waals surface area contributed by atoms with Gasteiger partial charge in [0.15, 0.2) is 0 Å². The minimum atomic E-state index is -0.644. The monoisotopic (exact) mass is 920 g/mol. The van der Waals surface area contributed by atoms with Crippen molar-refractivity contribution in [2.24, 2.45) is 5.84 Å². The van der Waals surface area contributed by atoms with Crippen molar-refractivity contribution in [1.29, 1.82) is 0 Å². The van der Waals surface area contributed by atoms with Crippen LogP contribution in [-0.2, 0) is 24.4 Å². The Labute approximate surface area is 394 Å². The summed E-state index contributed by atoms with van der Waals surface area (Å²) in [5.41, 5.74) is 8.97. The first kappa shape index (κ1) is 47.0. The molecule has 2 aliphatic rings. The van der Waals surface area contributed by atoms with E-state index in [1.165, 1.54) is 31.4 Å². The first-order chi connectivity index (χ1) is 33.0. The number of esters is 1. The van der Waals surface area contributed by atoms with E-state index in [1.807, 2.05) is 103 Å². The van der Waals surface area contributed by atoms with Gasteiger partial charge >= 0.3 is 18.0 Å². The lowest BCUT2D eigenvalue weighted by molar-refractivity contribution is 0.0600. The molecule has 8 rings (SSSR count). The number of likely N-dealkylation sites (N-methyl/N-ethyl adjacent to an activating group) is 1. The second-order valence-electron chi connectivity index (χ2n) is 17.0.